The molecular weight excluding hydrogens is 436 g/mol. The van der Waals surface area contributed by atoms with Crippen LogP contribution >= 0.6 is 11.6 Å². The minimum Gasteiger partial charge on any atom is -0.370 e. The van der Waals surface area contributed by atoms with Crippen LogP contribution in [0.25, 0.3) is 0 Å². The van der Waals surface area contributed by atoms with Crippen molar-refractivity contribution in [2.75, 3.05) is 50.1 Å². The number of nitrogens with one attached hydrogen (secondary N) is 1. The number of likely N-dealkylation sites (N-methyl/N-ethyl adjacent to an activating group) is 1. The van der Waals surface area contributed by atoms with Crippen molar-refractivity contribution in [3.05, 3.63) is 59.1 Å². The molecule has 0 bridgehead atoms. The summed E-state index contributed by atoms with van der Waals surface area (Å²) in [5, 5.41) is 4.12. The lowest BCUT2D eigenvalue weighted by Crippen LogP contribution is -2.45. The first kappa shape index (κ1) is 25.1. The molecule has 2 saturated heterocycles. The van der Waals surface area contributed by atoms with Gasteiger partial charge in [-0.2, -0.15) is 0 Å². The SMILES string of the molecule is CC=O.CNC1CCN(c2ccc(N(C)C(=O)N3CCC(c4ccc(Cl)cc4)CC3)cc2)C1. The second-order valence-corrected chi connectivity index (χ2v) is 9.06. The number of hydrogen-bond donors (Lipinski definition) is 1. The highest BCUT2D eigenvalue weighted by Gasteiger charge is 2.26. The van der Waals surface area contributed by atoms with E-state index in [4.69, 9.17) is 16.4 Å². The summed E-state index contributed by atoms with van der Waals surface area (Å²) in [6.45, 7) is 5.12. The van der Waals surface area contributed by atoms with Gasteiger partial charge in [0.25, 0.3) is 0 Å². The van der Waals surface area contributed by atoms with Crippen molar-refractivity contribution < 1.29 is 9.59 Å². The van der Waals surface area contributed by atoms with Crippen LogP contribution in [0.15, 0.2) is 48.5 Å². The van der Waals surface area contributed by atoms with Gasteiger partial charge in [-0.15, -0.1) is 0 Å². The predicted octanol–water partition coefficient (Wildman–Crippen LogP) is 4.78. The molecule has 0 aromatic heterocycles. The van der Waals surface area contributed by atoms with E-state index in [9.17, 15) is 4.79 Å². The Labute approximate surface area is 202 Å². The fourth-order valence-corrected chi connectivity index (χ4v) is 4.71. The van der Waals surface area contributed by atoms with E-state index in [2.05, 4.69) is 46.6 Å². The molecule has 0 radical (unpaired) electrons. The first-order chi connectivity index (χ1) is 16.0. The molecule has 0 saturated carbocycles. The van der Waals surface area contributed by atoms with Crippen LogP contribution < -0.4 is 15.1 Å². The molecule has 2 aliphatic rings. The van der Waals surface area contributed by atoms with E-state index < -0.39 is 0 Å². The monoisotopic (exact) mass is 470 g/mol. The topological polar surface area (TPSA) is 55.9 Å². The smallest absolute Gasteiger partial charge is 0.324 e. The molecule has 0 aliphatic carbocycles. The summed E-state index contributed by atoms with van der Waals surface area (Å²) >= 11 is 6.00. The van der Waals surface area contributed by atoms with E-state index >= 15 is 0 Å². The fourth-order valence-electron chi connectivity index (χ4n) is 4.58. The maximum absolute atomic E-state index is 13.0. The molecule has 6 nitrogen and oxygen atoms in total. The summed E-state index contributed by atoms with van der Waals surface area (Å²) in [6.07, 6.45) is 3.89. The highest BCUT2D eigenvalue weighted by atomic mass is 35.5. The van der Waals surface area contributed by atoms with Crippen LogP contribution in [0.2, 0.25) is 5.02 Å². The third-order valence-electron chi connectivity index (χ3n) is 6.59. The van der Waals surface area contributed by atoms with E-state index in [1.165, 1.54) is 24.6 Å². The molecule has 2 aliphatic heterocycles. The number of benzene rings is 2. The Morgan fingerprint density at radius 2 is 1.64 bits per heavy atom. The maximum Gasteiger partial charge on any atom is 0.324 e. The van der Waals surface area contributed by atoms with Crippen molar-refractivity contribution in [1.82, 2.24) is 10.2 Å². The van der Waals surface area contributed by atoms with E-state index in [-0.39, 0.29) is 6.03 Å². The standard InChI is InChI=1S/C24H31ClN4O.C2H4O/c1-26-21-13-16-29(17-21)23-9-7-22(8-10-23)27(2)24(30)28-14-11-19(12-15-28)18-3-5-20(25)6-4-18;1-2-3/h3-10,19,21,26H,11-17H2,1-2H3;2H,1H3. The number of carbonyl (C=O) groups excluding carboxylic acids is 2. The molecule has 7 heteroatoms. The molecule has 1 N–H and O–H groups in total. The summed E-state index contributed by atoms with van der Waals surface area (Å²) in [6, 6.07) is 17.1. The van der Waals surface area contributed by atoms with Crippen molar-refractivity contribution in [3.63, 3.8) is 0 Å². The summed E-state index contributed by atoms with van der Waals surface area (Å²) < 4.78 is 0. The molecule has 1 atom stereocenters. The molecule has 178 valence electrons. The van der Waals surface area contributed by atoms with Gasteiger partial charge in [-0.3, -0.25) is 4.90 Å². The molecule has 2 aromatic carbocycles. The minimum atomic E-state index is 0.0775. The molecule has 2 aromatic rings. The Morgan fingerprint density at radius 3 is 2.18 bits per heavy atom. The Bertz CT molecular complexity index is 896. The number of aldehydes is 1. The average Bonchev–Trinajstić information content (AvgIpc) is 3.34. The van der Waals surface area contributed by atoms with Crippen LogP contribution in [0.4, 0.5) is 16.2 Å². The van der Waals surface area contributed by atoms with Crippen LogP contribution in [-0.2, 0) is 4.79 Å². The number of carbonyl (C=O) groups is 2. The second-order valence-electron chi connectivity index (χ2n) is 8.63. The lowest BCUT2D eigenvalue weighted by atomic mass is 9.89. The van der Waals surface area contributed by atoms with Crippen LogP contribution in [0, 0.1) is 0 Å². The van der Waals surface area contributed by atoms with Gasteiger partial charge in [-0.25, -0.2) is 4.79 Å². The molecule has 2 heterocycles. The molecule has 4 rings (SSSR count). The zero-order valence-electron chi connectivity index (χ0n) is 19.8. The van der Waals surface area contributed by atoms with Gasteiger partial charge in [0.05, 0.1) is 0 Å². The van der Waals surface area contributed by atoms with E-state index in [1.54, 1.807) is 4.90 Å². The summed E-state index contributed by atoms with van der Waals surface area (Å²) in [4.78, 5) is 28.0. The lowest BCUT2D eigenvalue weighted by Gasteiger charge is -2.35. The highest BCUT2D eigenvalue weighted by Crippen LogP contribution is 2.30. The van der Waals surface area contributed by atoms with Gasteiger partial charge in [0.1, 0.15) is 6.29 Å². The number of urea groups is 1. The minimum absolute atomic E-state index is 0.0775. The summed E-state index contributed by atoms with van der Waals surface area (Å²) in [5.74, 6) is 0.498. The Hall–Kier alpha value is -2.57. The van der Waals surface area contributed by atoms with E-state index in [1.807, 2.05) is 31.1 Å². The molecule has 2 fully saturated rings. The van der Waals surface area contributed by atoms with Crippen molar-refractivity contribution in [3.8, 4) is 0 Å². The number of amides is 2. The number of rotatable bonds is 4. The van der Waals surface area contributed by atoms with Crippen molar-refractivity contribution >= 4 is 35.3 Å². The second kappa shape index (κ2) is 12.1. The van der Waals surface area contributed by atoms with Crippen LogP contribution in [0.1, 0.15) is 37.7 Å². The number of nitrogens with zero attached hydrogens (tertiary/aromatic N) is 3. The normalized spacial score (nSPS) is 18.5. The van der Waals surface area contributed by atoms with Gasteiger partial charge in [0.15, 0.2) is 0 Å². The number of halogens is 1. The predicted molar refractivity (Wildman–Crippen MR) is 137 cm³/mol. The van der Waals surface area contributed by atoms with Gasteiger partial charge in [-0.1, -0.05) is 23.7 Å². The molecule has 1 unspecified atom stereocenters. The fraction of sp³-hybridized carbons (Fsp3) is 0.462. The van der Waals surface area contributed by atoms with Crippen LogP contribution in [0.3, 0.4) is 0 Å². The Morgan fingerprint density at radius 1 is 1.03 bits per heavy atom. The molecule has 33 heavy (non-hydrogen) atoms. The van der Waals surface area contributed by atoms with E-state index in [0.717, 1.165) is 56.0 Å². The summed E-state index contributed by atoms with van der Waals surface area (Å²) in [5.41, 5.74) is 3.48. The number of piperidine rings is 1. The van der Waals surface area contributed by atoms with Gasteiger partial charge in [0.2, 0.25) is 0 Å². The third-order valence-corrected chi connectivity index (χ3v) is 6.84. The molecule has 0 spiro atoms. The first-order valence-electron chi connectivity index (χ1n) is 11.7. The largest absolute Gasteiger partial charge is 0.370 e. The van der Waals surface area contributed by atoms with Crippen LogP contribution in [-0.4, -0.2) is 63.5 Å². The van der Waals surface area contributed by atoms with Crippen molar-refractivity contribution in [2.24, 2.45) is 0 Å². The lowest BCUT2D eigenvalue weighted by molar-refractivity contribution is -0.106. The molecular formula is C26H35ClN4O2. The molecule has 2 amide bonds. The van der Waals surface area contributed by atoms with Gasteiger partial charge in [-0.05, 0) is 81.1 Å². The number of anilines is 2. The zero-order chi connectivity index (χ0) is 23.8. The third kappa shape index (κ3) is 6.49. The number of likely N-dealkylation sites (tertiary alicyclic amines) is 1. The Balaban J connectivity index is 0.000000968. The van der Waals surface area contributed by atoms with Crippen molar-refractivity contribution in [2.45, 2.75) is 38.1 Å². The van der Waals surface area contributed by atoms with Gasteiger partial charge < -0.3 is 19.9 Å². The quantitative estimate of drug-likeness (QED) is 0.653. The van der Waals surface area contributed by atoms with Crippen molar-refractivity contribution in [1.29, 1.82) is 0 Å². The van der Waals surface area contributed by atoms with E-state index in [0.29, 0.717) is 12.0 Å². The first-order valence-corrected chi connectivity index (χ1v) is 12.0. The van der Waals surface area contributed by atoms with Gasteiger partial charge in [0, 0.05) is 55.7 Å². The highest BCUT2D eigenvalue weighted by molar-refractivity contribution is 6.30. The average molecular weight is 471 g/mol. The number of hydrogen-bond acceptors (Lipinski definition) is 4. The summed E-state index contributed by atoms with van der Waals surface area (Å²) in [7, 11) is 3.89. The van der Waals surface area contributed by atoms with Gasteiger partial charge >= 0.3 is 6.03 Å². The zero-order valence-corrected chi connectivity index (χ0v) is 20.6. The van der Waals surface area contributed by atoms with Crippen LogP contribution in [0.5, 0.6) is 0 Å². The Kier molecular flexibility index (Phi) is 9.15. The maximum atomic E-state index is 13.0.